The van der Waals surface area contributed by atoms with Crippen molar-refractivity contribution in [3.8, 4) is 5.75 Å². The quantitative estimate of drug-likeness (QED) is 0.417. The van der Waals surface area contributed by atoms with E-state index in [9.17, 15) is 8.78 Å². The van der Waals surface area contributed by atoms with E-state index >= 15 is 0 Å². The lowest BCUT2D eigenvalue weighted by molar-refractivity contribution is 0.160. The summed E-state index contributed by atoms with van der Waals surface area (Å²) in [5.74, 6) is -0.279. The summed E-state index contributed by atoms with van der Waals surface area (Å²) in [6.07, 6.45) is 0.400. The van der Waals surface area contributed by atoms with E-state index < -0.39 is 5.82 Å². The second-order valence-corrected chi connectivity index (χ2v) is 8.54. The van der Waals surface area contributed by atoms with Gasteiger partial charge in [0, 0.05) is 44.8 Å². The van der Waals surface area contributed by atoms with E-state index in [0.717, 1.165) is 38.3 Å². The molecule has 0 N–H and O–H groups in total. The van der Waals surface area contributed by atoms with Gasteiger partial charge in [-0.15, -0.1) is 0 Å². The summed E-state index contributed by atoms with van der Waals surface area (Å²) in [4.78, 5) is 4.85. The molecule has 0 saturated carbocycles. The van der Waals surface area contributed by atoms with Crippen molar-refractivity contribution in [1.29, 1.82) is 0 Å². The molecule has 6 heteroatoms. The number of rotatable bonds is 7. The zero-order valence-electron chi connectivity index (χ0n) is 18.1. The van der Waals surface area contributed by atoms with Crippen molar-refractivity contribution in [2.75, 3.05) is 37.6 Å². The molecule has 1 aliphatic heterocycles. The van der Waals surface area contributed by atoms with Crippen LogP contribution < -0.4 is 9.64 Å². The first-order valence-electron chi connectivity index (χ1n) is 10.9. The molecular weight excluding hydrogens is 430 g/mol. The lowest BCUT2D eigenvalue weighted by Crippen LogP contribution is -2.47. The maximum Gasteiger partial charge on any atom is 0.139 e. The van der Waals surface area contributed by atoms with E-state index in [0.29, 0.717) is 12.2 Å². The summed E-state index contributed by atoms with van der Waals surface area (Å²) in [5, 5.41) is 0.226. The number of piperazine rings is 1. The van der Waals surface area contributed by atoms with Crippen molar-refractivity contribution in [2.45, 2.75) is 19.4 Å². The number of aryl methyl sites for hydroxylation is 1. The number of nitrogens with zero attached hydrogens (tertiary/aromatic N) is 2. The standard InChI is InChI=1S/C26H27ClF2N2O/c1-19-4-2-3-5-24(19)31-16-14-30(15-17-31)13-12-25(20-6-8-21(28)9-7-20)32-26-11-10-22(29)18-23(26)27/h2-11,18,25H,12-17H2,1H3/t25-/m1/s1. The normalized spacial score (nSPS) is 15.6. The number of anilines is 1. The third kappa shape index (κ3) is 5.59. The van der Waals surface area contributed by atoms with Crippen LogP contribution in [-0.4, -0.2) is 37.6 Å². The van der Waals surface area contributed by atoms with Crippen molar-refractivity contribution in [2.24, 2.45) is 0 Å². The van der Waals surface area contributed by atoms with Crippen LogP contribution in [0.4, 0.5) is 14.5 Å². The molecule has 0 bridgehead atoms. The lowest BCUT2D eigenvalue weighted by Gasteiger charge is -2.37. The van der Waals surface area contributed by atoms with Gasteiger partial charge in [0.15, 0.2) is 0 Å². The van der Waals surface area contributed by atoms with E-state index in [4.69, 9.17) is 16.3 Å². The number of benzene rings is 3. The van der Waals surface area contributed by atoms with Crippen LogP contribution >= 0.6 is 11.6 Å². The Bertz CT molecular complexity index is 1040. The molecule has 32 heavy (non-hydrogen) atoms. The first kappa shape index (κ1) is 22.6. The molecule has 168 valence electrons. The number of hydrogen-bond donors (Lipinski definition) is 0. The van der Waals surface area contributed by atoms with Gasteiger partial charge in [0.1, 0.15) is 23.5 Å². The van der Waals surface area contributed by atoms with E-state index in [2.05, 4.69) is 41.0 Å². The Labute approximate surface area is 193 Å². The van der Waals surface area contributed by atoms with Gasteiger partial charge >= 0.3 is 0 Å². The Balaban J connectivity index is 1.40. The molecule has 0 amide bonds. The summed E-state index contributed by atoms with van der Waals surface area (Å²) in [5.41, 5.74) is 3.46. The molecule has 3 nitrogen and oxygen atoms in total. The fourth-order valence-electron chi connectivity index (χ4n) is 4.13. The minimum atomic E-state index is -0.410. The highest BCUT2D eigenvalue weighted by atomic mass is 35.5. The second-order valence-electron chi connectivity index (χ2n) is 8.14. The Kier molecular flexibility index (Phi) is 7.28. The summed E-state index contributed by atoms with van der Waals surface area (Å²) in [6.45, 7) is 6.84. The van der Waals surface area contributed by atoms with Gasteiger partial charge in [-0.3, -0.25) is 4.90 Å². The molecule has 1 saturated heterocycles. The van der Waals surface area contributed by atoms with Crippen LogP contribution in [0.2, 0.25) is 5.02 Å². The first-order valence-corrected chi connectivity index (χ1v) is 11.3. The van der Waals surface area contributed by atoms with Crippen molar-refractivity contribution in [3.05, 3.63) is 94.5 Å². The van der Waals surface area contributed by atoms with Crippen molar-refractivity contribution < 1.29 is 13.5 Å². The largest absolute Gasteiger partial charge is 0.484 e. The monoisotopic (exact) mass is 456 g/mol. The van der Waals surface area contributed by atoms with Crippen molar-refractivity contribution in [3.63, 3.8) is 0 Å². The molecule has 1 fully saturated rings. The molecule has 1 atom stereocenters. The van der Waals surface area contributed by atoms with Gasteiger partial charge in [0.05, 0.1) is 5.02 Å². The van der Waals surface area contributed by atoms with Crippen molar-refractivity contribution >= 4 is 17.3 Å². The molecule has 0 aliphatic carbocycles. The van der Waals surface area contributed by atoms with Gasteiger partial charge in [-0.2, -0.15) is 0 Å². The third-order valence-corrected chi connectivity index (χ3v) is 6.24. The van der Waals surface area contributed by atoms with Gasteiger partial charge in [-0.1, -0.05) is 41.9 Å². The van der Waals surface area contributed by atoms with Crippen LogP contribution in [0.3, 0.4) is 0 Å². The number of halogens is 3. The molecule has 0 spiro atoms. The summed E-state index contributed by atoms with van der Waals surface area (Å²) < 4.78 is 33.0. The maximum absolute atomic E-state index is 13.5. The van der Waals surface area contributed by atoms with Gasteiger partial charge in [0.2, 0.25) is 0 Å². The molecule has 1 heterocycles. The van der Waals surface area contributed by atoms with Crippen LogP contribution in [0.15, 0.2) is 66.7 Å². The Morgan fingerprint density at radius 3 is 2.28 bits per heavy atom. The average Bonchev–Trinajstić information content (AvgIpc) is 2.79. The van der Waals surface area contributed by atoms with Crippen LogP contribution in [0.5, 0.6) is 5.75 Å². The molecule has 0 unspecified atom stereocenters. The fourth-order valence-corrected chi connectivity index (χ4v) is 4.34. The Morgan fingerprint density at radius 1 is 0.906 bits per heavy atom. The smallest absolute Gasteiger partial charge is 0.139 e. The molecule has 3 aromatic rings. The van der Waals surface area contributed by atoms with E-state index in [1.807, 2.05) is 0 Å². The summed E-state index contributed by atoms with van der Waals surface area (Å²) in [6, 6.07) is 18.9. The number of para-hydroxylation sites is 1. The number of ether oxygens (including phenoxy) is 1. The SMILES string of the molecule is Cc1ccccc1N1CCN(CC[C@@H](Oc2ccc(F)cc2Cl)c2ccc(F)cc2)CC1. The molecule has 4 rings (SSSR count). The van der Waals surface area contributed by atoms with Crippen LogP contribution in [0.25, 0.3) is 0 Å². The molecule has 0 radical (unpaired) electrons. The van der Waals surface area contributed by atoms with E-state index in [-0.39, 0.29) is 16.9 Å². The van der Waals surface area contributed by atoms with Crippen molar-refractivity contribution in [1.82, 2.24) is 4.90 Å². The summed E-state index contributed by atoms with van der Waals surface area (Å²) >= 11 is 6.18. The lowest BCUT2D eigenvalue weighted by atomic mass is 10.1. The summed E-state index contributed by atoms with van der Waals surface area (Å²) in [7, 11) is 0. The molecule has 3 aromatic carbocycles. The fraction of sp³-hybridized carbons (Fsp3) is 0.308. The van der Waals surface area contributed by atoms with Gasteiger partial charge in [-0.05, 0) is 54.4 Å². The van der Waals surface area contributed by atoms with E-state index in [1.54, 1.807) is 12.1 Å². The Hall–Kier alpha value is -2.63. The minimum Gasteiger partial charge on any atom is -0.484 e. The minimum absolute atomic E-state index is 0.226. The highest BCUT2D eigenvalue weighted by Crippen LogP contribution is 2.32. The highest BCUT2D eigenvalue weighted by molar-refractivity contribution is 6.32. The Morgan fingerprint density at radius 2 is 1.59 bits per heavy atom. The average molecular weight is 457 g/mol. The highest BCUT2D eigenvalue weighted by Gasteiger charge is 2.21. The van der Waals surface area contributed by atoms with Crippen LogP contribution in [0, 0.1) is 18.6 Å². The number of hydrogen-bond acceptors (Lipinski definition) is 3. The van der Waals surface area contributed by atoms with Crippen LogP contribution in [0.1, 0.15) is 23.7 Å². The first-order chi connectivity index (χ1) is 15.5. The zero-order chi connectivity index (χ0) is 22.5. The van der Waals surface area contributed by atoms with Gasteiger partial charge in [-0.25, -0.2) is 8.78 Å². The van der Waals surface area contributed by atoms with E-state index in [1.165, 1.54) is 41.6 Å². The topological polar surface area (TPSA) is 15.7 Å². The third-order valence-electron chi connectivity index (χ3n) is 5.94. The maximum atomic E-state index is 13.5. The predicted octanol–water partition coefficient (Wildman–Crippen LogP) is 6.26. The molecule has 0 aromatic heterocycles. The predicted molar refractivity (Wildman–Crippen MR) is 126 cm³/mol. The molecule has 1 aliphatic rings. The van der Waals surface area contributed by atoms with Gasteiger partial charge < -0.3 is 9.64 Å². The van der Waals surface area contributed by atoms with Gasteiger partial charge in [0.25, 0.3) is 0 Å². The van der Waals surface area contributed by atoms with Crippen LogP contribution in [-0.2, 0) is 0 Å². The zero-order valence-corrected chi connectivity index (χ0v) is 18.9. The second kappa shape index (κ2) is 10.3. The molecular formula is C26H27ClF2N2O.